The number of hydrogen-bond acceptors (Lipinski definition) is 4. The van der Waals surface area contributed by atoms with E-state index in [1.807, 2.05) is 47.5 Å². The lowest BCUT2D eigenvalue weighted by atomic mass is 10.1. The van der Waals surface area contributed by atoms with Crippen molar-refractivity contribution in [2.45, 2.75) is 27.0 Å². The molecule has 7 heteroatoms. The summed E-state index contributed by atoms with van der Waals surface area (Å²) in [4.78, 5) is 18.0. The summed E-state index contributed by atoms with van der Waals surface area (Å²) in [5, 5.41) is 3.34. The van der Waals surface area contributed by atoms with E-state index in [1.165, 1.54) is 16.9 Å². The van der Waals surface area contributed by atoms with Crippen molar-refractivity contribution < 1.29 is 9.53 Å². The van der Waals surface area contributed by atoms with Crippen LogP contribution < -0.4 is 4.74 Å². The predicted molar refractivity (Wildman–Crippen MR) is 132 cm³/mol. The van der Waals surface area contributed by atoms with Crippen LogP contribution in [0.1, 0.15) is 31.9 Å². The third-order valence-electron chi connectivity index (χ3n) is 5.66. The van der Waals surface area contributed by atoms with Crippen LogP contribution in [0.2, 0.25) is 10.0 Å². The van der Waals surface area contributed by atoms with Gasteiger partial charge in [-0.05, 0) is 54.6 Å². The number of rotatable bonds is 6. The molecule has 0 aliphatic carbocycles. The highest BCUT2D eigenvalue weighted by molar-refractivity contribution is 7.12. The monoisotopic (exact) mass is 488 g/mol. The maximum Gasteiger partial charge on any atom is 0.264 e. The second-order valence-electron chi connectivity index (χ2n) is 8.18. The maximum absolute atomic E-state index is 13.0. The van der Waals surface area contributed by atoms with Gasteiger partial charge in [-0.15, -0.1) is 11.3 Å². The first-order chi connectivity index (χ1) is 15.4. The van der Waals surface area contributed by atoms with E-state index in [0.29, 0.717) is 29.7 Å². The Morgan fingerprint density at radius 2 is 1.81 bits per heavy atom. The van der Waals surface area contributed by atoms with Gasteiger partial charge in [0, 0.05) is 48.3 Å². The molecule has 1 saturated heterocycles. The summed E-state index contributed by atoms with van der Waals surface area (Å²) in [5.41, 5.74) is 4.42. The van der Waals surface area contributed by atoms with Gasteiger partial charge in [-0.25, -0.2) is 0 Å². The van der Waals surface area contributed by atoms with E-state index in [-0.39, 0.29) is 5.91 Å². The number of piperazine rings is 1. The van der Waals surface area contributed by atoms with Crippen LogP contribution in [0.25, 0.3) is 0 Å². The van der Waals surface area contributed by atoms with E-state index in [9.17, 15) is 4.79 Å². The molecule has 0 atom stereocenters. The van der Waals surface area contributed by atoms with Crippen molar-refractivity contribution in [3.05, 3.63) is 85.0 Å². The first-order valence-corrected chi connectivity index (χ1v) is 12.3. The molecule has 1 amide bonds. The predicted octanol–water partition coefficient (Wildman–Crippen LogP) is 6.21. The Morgan fingerprint density at radius 3 is 2.53 bits per heavy atom. The van der Waals surface area contributed by atoms with Gasteiger partial charge < -0.3 is 9.64 Å². The van der Waals surface area contributed by atoms with Crippen molar-refractivity contribution in [2.75, 3.05) is 26.2 Å². The van der Waals surface area contributed by atoms with Crippen molar-refractivity contribution in [3.8, 4) is 5.75 Å². The molecule has 0 N–H and O–H groups in total. The number of ether oxygens (including phenoxy) is 1. The fraction of sp³-hybridized carbons (Fsp3) is 0.320. The van der Waals surface area contributed by atoms with E-state index in [4.69, 9.17) is 27.9 Å². The molecule has 0 spiro atoms. The van der Waals surface area contributed by atoms with Crippen molar-refractivity contribution in [3.63, 3.8) is 0 Å². The fourth-order valence-electron chi connectivity index (χ4n) is 3.84. The van der Waals surface area contributed by atoms with Gasteiger partial charge in [-0.3, -0.25) is 9.69 Å². The lowest BCUT2D eigenvalue weighted by molar-refractivity contribution is 0.0633. The maximum atomic E-state index is 13.0. The Morgan fingerprint density at radius 1 is 1.03 bits per heavy atom. The standard InChI is InChI=1S/C25H26Cl2N2O2S/c1-17-3-6-23(18(2)11-17)31-15-19-12-24(32-16-19)25(30)29-9-7-28(8-10-29)14-20-4-5-21(26)13-22(20)27/h3-6,11-13,16H,7-10,14-15H2,1-2H3. The van der Waals surface area contributed by atoms with Crippen molar-refractivity contribution >= 4 is 40.4 Å². The molecule has 0 radical (unpaired) electrons. The second-order valence-corrected chi connectivity index (χ2v) is 9.94. The Balaban J connectivity index is 1.29. The number of carbonyl (C=O) groups is 1. The highest BCUT2D eigenvalue weighted by atomic mass is 35.5. The average molecular weight is 489 g/mol. The zero-order valence-corrected chi connectivity index (χ0v) is 20.6. The smallest absolute Gasteiger partial charge is 0.264 e. The van der Waals surface area contributed by atoms with Crippen LogP contribution in [-0.4, -0.2) is 41.9 Å². The molecule has 1 aliphatic rings. The fourth-order valence-corrected chi connectivity index (χ4v) is 5.17. The Labute approximate surface area is 203 Å². The van der Waals surface area contributed by atoms with Gasteiger partial charge in [0.05, 0.1) is 4.88 Å². The first-order valence-electron chi connectivity index (χ1n) is 10.6. The molecular weight excluding hydrogens is 463 g/mol. The topological polar surface area (TPSA) is 32.8 Å². The highest BCUT2D eigenvalue weighted by Gasteiger charge is 2.23. The molecule has 168 valence electrons. The molecule has 1 aliphatic heterocycles. The van der Waals surface area contributed by atoms with E-state index < -0.39 is 0 Å². The molecule has 4 rings (SSSR count). The molecular formula is C25H26Cl2N2O2S. The van der Waals surface area contributed by atoms with E-state index in [2.05, 4.69) is 17.9 Å². The lowest BCUT2D eigenvalue weighted by Gasteiger charge is -2.34. The molecule has 3 aromatic rings. The van der Waals surface area contributed by atoms with Crippen LogP contribution in [0.4, 0.5) is 0 Å². The van der Waals surface area contributed by atoms with Crippen LogP contribution in [-0.2, 0) is 13.2 Å². The van der Waals surface area contributed by atoms with Crippen LogP contribution in [0, 0.1) is 13.8 Å². The number of benzene rings is 2. The Kier molecular flexibility index (Phi) is 7.41. The van der Waals surface area contributed by atoms with Gasteiger partial charge in [-0.2, -0.15) is 0 Å². The van der Waals surface area contributed by atoms with Gasteiger partial charge >= 0.3 is 0 Å². The minimum absolute atomic E-state index is 0.0944. The molecule has 0 unspecified atom stereocenters. The molecule has 0 bridgehead atoms. The van der Waals surface area contributed by atoms with Gasteiger partial charge in [0.2, 0.25) is 0 Å². The zero-order valence-electron chi connectivity index (χ0n) is 18.2. The Hall–Kier alpha value is -2.05. The Bertz CT molecular complexity index is 1110. The van der Waals surface area contributed by atoms with Gasteiger partial charge in [0.15, 0.2) is 0 Å². The number of hydrogen-bond donors (Lipinski definition) is 0. The minimum Gasteiger partial charge on any atom is -0.489 e. The summed E-state index contributed by atoms with van der Waals surface area (Å²) >= 11 is 13.8. The molecule has 1 fully saturated rings. The highest BCUT2D eigenvalue weighted by Crippen LogP contribution is 2.25. The first kappa shape index (κ1) is 23.1. The van der Waals surface area contributed by atoms with Crippen LogP contribution >= 0.6 is 34.5 Å². The molecule has 32 heavy (non-hydrogen) atoms. The lowest BCUT2D eigenvalue weighted by Crippen LogP contribution is -2.48. The van der Waals surface area contributed by atoms with Crippen LogP contribution in [0.3, 0.4) is 0 Å². The number of nitrogens with zero attached hydrogens (tertiary/aromatic N) is 2. The minimum atomic E-state index is 0.0944. The van der Waals surface area contributed by atoms with E-state index in [0.717, 1.165) is 47.0 Å². The molecule has 2 aromatic carbocycles. The quantitative estimate of drug-likeness (QED) is 0.413. The number of amides is 1. The van der Waals surface area contributed by atoms with Crippen LogP contribution in [0.15, 0.2) is 47.8 Å². The van der Waals surface area contributed by atoms with Gasteiger partial charge in [0.1, 0.15) is 12.4 Å². The number of carbonyl (C=O) groups excluding carboxylic acids is 1. The summed E-state index contributed by atoms with van der Waals surface area (Å²) in [6, 6.07) is 13.7. The summed E-state index contributed by atoms with van der Waals surface area (Å²) in [6.07, 6.45) is 0. The number of aryl methyl sites for hydroxylation is 2. The number of thiophene rings is 1. The SMILES string of the molecule is Cc1ccc(OCc2csc(C(=O)N3CCN(Cc4ccc(Cl)cc4Cl)CC3)c2)c(C)c1. The third kappa shape index (κ3) is 5.65. The molecule has 1 aromatic heterocycles. The van der Waals surface area contributed by atoms with Crippen molar-refractivity contribution in [1.82, 2.24) is 9.80 Å². The van der Waals surface area contributed by atoms with Crippen LogP contribution in [0.5, 0.6) is 5.75 Å². The summed E-state index contributed by atoms with van der Waals surface area (Å²) < 4.78 is 5.96. The van der Waals surface area contributed by atoms with E-state index in [1.54, 1.807) is 6.07 Å². The molecule has 2 heterocycles. The largest absolute Gasteiger partial charge is 0.489 e. The van der Waals surface area contributed by atoms with E-state index >= 15 is 0 Å². The third-order valence-corrected chi connectivity index (χ3v) is 7.21. The summed E-state index contributed by atoms with van der Waals surface area (Å²) in [7, 11) is 0. The van der Waals surface area contributed by atoms with Gasteiger partial charge in [0.25, 0.3) is 5.91 Å². The van der Waals surface area contributed by atoms with Crippen molar-refractivity contribution in [2.24, 2.45) is 0 Å². The molecule has 0 saturated carbocycles. The average Bonchev–Trinajstić information content (AvgIpc) is 3.24. The number of halogens is 2. The second kappa shape index (κ2) is 10.3. The summed E-state index contributed by atoms with van der Waals surface area (Å²) in [5.74, 6) is 0.975. The zero-order chi connectivity index (χ0) is 22.7. The normalized spacial score (nSPS) is 14.6. The molecule has 4 nitrogen and oxygen atoms in total. The summed E-state index contributed by atoms with van der Waals surface area (Å²) in [6.45, 7) is 8.38. The van der Waals surface area contributed by atoms with Crippen molar-refractivity contribution in [1.29, 1.82) is 0 Å². The van der Waals surface area contributed by atoms with Gasteiger partial charge in [-0.1, -0.05) is 47.0 Å².